The van der Waals surface area contributed by atoms with E-state index in [9.17, 15) is 19.8 Å². The Morgan fingerprint density at radius 2 is 1.72 bits per heavy atom. The lowest BCUT2D eigenvalue weighted by molar-refractivity contribution is 0.0697. The molecule has 5 nitrogen and oxygen atoms in total. The molecule has 146 valence electrons. The van der Waals surface area contributed by atoms with Gasteiger partial charge in [0, 0.05) is 22.1 Å². The predicted molar refractivity (Wildman–Crippen MR) is 121 cm³/mol. The van der Waals surface area contributed by atoms with Crippen molar-refractivity contribution in [2.75, 3.05) is 0 Å². The summed E-state index contributed by atoms with van der Waals surface area (Å²) in [5.41, 5.74) is 2.21. The summed E-state index contributed by atoms with van der Waals surface area (Å²) in [5.74, 6) is -0.811. The lowest BCUT2D eigenvalue weighted by Crippen LogP contribution is -2.10. The average Bonchev–Trinajstić information content (AvgIpc) is 2.69. The number of carbonyl (C=O) groups is 1. The zero-order valence-electron chi connectivity index (χ0n) is 14.7. The summed E-state index contributed by atoms with van der Waals surface area (Å²) in [6.07, 6.45) is 0. The lowest BCUT2D eigenvalue weighted by Gasteiger charge is -2.19. The van der Waals surface area contributed by atoms with Gasteiger partial charge in [0.2, 0.25) is 0 Å². The van der Waals surface area contributed by atoms with Crippen molar-refractivity contribution in [2.24, 2.45) is 0 Å². The molecule has 1 aliphatic heterocycles. The summed E-state index contributed by atoms with van der Waals surface area (Å²) in [6, 6.07) is 9.93. The molecule has 0 radical (unpaired) electrons. The molecule has 0 fully saturated rings. The lowest BCUT2D eigenvalue weighted by atomic mass is 9.89. The van der Waals surface area contributed by atoms with Crippen LogP contribution in [0.25, 0.3) is 33.4 Å². The molecular weight excluding hydrogens is 572 g/mol. The number of phenols is 1. The van der Waals surface area contributed by atoms with Crippen LogP contribution >= 0.6 is 47.8 Å². The number of fused-ring (bicyclic) bond motifs is 2. The van der Waals surface area contributed by atoms with Gasteiger partial charge in [-0.3, -0.25) is 4.79 Å². The van der Waals surface area contributed by atoms with E-state index in [4.69, 9.17) is 4.42 Å². The Bertz CT molecular complexity index is 1360. The minimum atomic E-state index is -1.07. The molecule has 0 unspecified atom stereocenters. The maximum atomic E-state index is 12.5. The van der Waals surface area contributed by atoms with E-state index in [0.717, 1.165) is 0 Å². The fourth-order valence-electron chi connectivity index (χ4n) is 3.36. The third kappa shape index (κ3) is 3.10. The Balaban J connectivity index is 2.34. The highest BCUT2D eigenvalue weighted by Crippen LogP contribution is 2.48. The molecule has 0 saturated heterocycles. The minimum absolute atomic E-state index is 0.0600. The molecule has 0 atom stereocenters. The van der Waals surface area contributed by atoms with Gasteiger partial charge in [-0.15, -0.1) is 0 Å². The number of aromatic hydroxyl groups is 1. The first kappa shape index (κ1) is 20.1. The van der Waals surface area contributed by atoms with E-state index in [1.807, 2.05) is 0 Å². The van der Waals surface area contributed by atoms with Crippen LogP contribution in [0, 0.1) is 6.92 Å². The first-order chi connectivity index (χ1) is 13.7. The van der Waals surface area contributed by atoms with Crippen LogP contribution in [0.15, 0.2) is 59.0 Å². The highest BCUT2D eigenvalue weighted by Gasteiger charge is 2.26. The molecule has 2 N–H and O–H groups in total. The molecule has 1 heterocycles. The van der Waals surface area contributed by atoms with Crippen molar-refractivity contribution in [1.82, 2.24) is 0 Å². The van der Waals surface area contributed by atoms with E-state index in [0.29, 0.717) is 52.4 Å². The molecule has 1 aliphatic carbocycles. The van der Waals surface area contributed by atoms with Crippen LogP contribution in [0.1, 0.15) is 15.9 Å². The Kier molecular flexibility index (Phi) is 5.04. The van der Waals surface area contributed by atoms with Crippen LogP contribution in [0.2, 0.25) is 0 Å². The van der Waals surface area contributed by atoms with Crippen LogP contribution in [-0.2, 0) is 0 Å². The van der Waals surface area contributed by atoms with Gasteiger partial charge in [-0.05, 0) is 78.5 Å². The molecule has 0 amide bonds. The van der Waals surface area contributed by atoms with Crippen molar-refractivity contribution in [3.8, 4) is 28.2 Å². The second-order valence-corrected chi connectivity index (χ2v) is 8.92. The van der Waals surface area contributed by atoms with Crippen molar-refractivity contribution in [3.05, 3.63) is 71.2 Å². The Morgan fingerprint density at radius 1 is 1.03 bits per heavy atom. The van der Waals surface area contributed by atoms with Gasteiger partial charge >= 0.3 is 5.97 Å². The zero-order chi connectivity index (χ0) is 21.0. The highest BCUT2D eigenvalue weighted by atomic mass is 79.9. The minimum Gasteiger partial charge on any atom is -0.505 e. The molecular formula is C21H11Br3O5. The molecule has 8 heteroatoms. The number of benzene rings is 3. The van der Waals surface area contributed by atoms with E-state index in [1.165, 1.54) is 6.07 Å². The first-order valence-electron chi connectivity index (χ1n) is 8.31. The van der Waals surface area contributed by atoms with Crippen LogP contribution in [-0.4, -0.2) is 16.2 Å². The SMILES string of the molecule is Cc1c2oc3c(Br)c(O)c(Br)cc3c(-c3ccccc3C(=O)O)c-2cc(Br)c1=O. The quantitative estimate of drug-likeness (QED) is 0.261. The number of hydrogen-bond acceptors (Lipinski definition) is 4. The Labute approximate surface area is 189 Å². The van der Waals surface area contributed by atoms with Gasteiger partial charge in [-0.1, -0.05) is 18.2 Å². The summed E-state index contributed by atoms with van der Waals surface area (Å²) >= 11 is 9.98. The maximum Gasteiger partial charge on any atom is 0.336 e. The van der Waals surface area contributed by atoms with Gasteiger partial charge in [-0.2, -0.15) is 0 Å². The summed E-state index contributed by atoms with van der Waals surface area (Å²) < 4.78 is 7.11. The van der Waals surface area contributed by atoms with Gasteiger partial charge in [0.05, 0.1) is 14.5 Å². The molecule has 0 aromatic heterocycles. The molecule has 2 aliphatic rings. The maximum absolute atomic E-state index is 12.5. The van der Waals surface area contributed by atoms with Crippen molar-refractivity contribution in [3.63, 3.8) is 0 Å². The number of carboxylic acids is 1. The molecule has 0 bridgehead atoms. The molecule has 0 saturated carbocycles. The third-order valence-electron chi connectivity index (χ3n) is 4.73. The van der Waals surface area contributed by atoms with Crippen LogP contribution in [0.5, 0.6) is 5.75 Å². The number of phenolic OH excluding ortho intramolecular Hbond substituents is 1. The van der Waals surface area contributed by atoms with Gasteiger partial charge in [0.25, 0.3) is 0 Å². The van der Waals surface area contributed by atoms with E-state index < -0.39 is 5.97 Å². The summed E-state index contributed by atoms with van der Waals surface area (Å²) in [4.78, 5) is 24.4. The van der Waals surface area contributed by atoms with Gasteiger partial charge in [-0.25, -0.2) is 4.79 Å². The van der Waals surface area contributed by atoms with Gasteiger partial charge in [0.1, 0.15) is 16.0 Å². The van der Waals surface area contributed by atoms with Crippen molar-refractivity contribution in [1.29, 1.82) is 0 Å². The summed E-state index contributed by atoms with van der Waals surface area (Å²) in [7, 11) is 0. The largest absolute Gasteiger partial charge is 0.505 e. The fourth-order valence-corrected chi connectivity index (χ4v) is 5.09. The number of aromatic carboxylic acids is 1. The second kappa shape index (κ2) is 7.27. The third-order valence-corrected chi connectivity index (χ3v) is 6.66. The molecule has 29 heavy (non-hydrogen) atoms. The number of rotatable bonds is 2. The monoisotopic (exact) mass is 580 g/mol. The van der Waals surface area contributed by atoms with E-state index in [-0.39, 0.29) is 16.7 Å². The Hall–Kier alpha value is -2.16. The first-order valence-corrected chi connectivity index (χ1v) is 10.7. The number of hydrogen-bond donors (Lipinski definition) is 2. The summed E-state index contributed by atoms with van der Waals surface area (Å²) in [5, 5.41) is 20.6. The van der Waals surface area contributed by atoms with Gasteiger partial charge in [0.15, 0.2) is 11.0 Å². The fraction of sp³-hybridized carbons (Fsp3) is 0.0476. The van der Waals surface area contributed by atoms with Crippen LogP contribution < -0.4 is 5.43 Å². The predicted octanol–water partition coefficient (Wildman–Crippen LogP) is 6.56. The zero-order valence-corrected chi connectivity index (χ0v) is 19.5. The molecule has 2 aromatic rings. The molecule has 0 spiro atoms. The van der Waals surface area contributed by atoms with Crippen molar-refractivity contribution in [2.45, 2.75) is 6.92 Å². The van der Waals surface area contributed by atoms with Crippen LogP contribution in [0.4, 0.5) is 0 Å². The summed E-state index contributed by atoms with van der Waals surface area (Å²) in [6.45, 7) is 1.64. The van der Waals surface area contributed by atoms with Crippen molar-refractivity contribution < 1.29 is 19.4 Å². The van der Waals surface area contributed by atoms with E-state index in [1.54, 1.807) is 37.3 Å². The van der Waals surface area contributed by atoms with Crippen molar-refractivity contribution >= 4 is 64.7 Å². The average molecular weight is 583 g/mol. The van der Waals surface area contributed by atoms with Crippen LogP contribution in [0.3, 0.4) is 0 Å². The topological polar surface area (TPSA) is 87.7 Å². The normalized spacial score (nSPS) is 11.3. The number of halogens is 3. The number of carboxylic acid groups (broad SMARTS) is 1. The standard InChI is InChI=1S/C21H11Br3O5/c1-8-17(25)13(22)6-11-15(9-4-2-3-5-10(9)21(27)28)12-7-14(23)18(26)16(24)20(12)29-19(8)11/h2-7,26H,1H3,(H,27,28). The van der Waals surface area contributed by atoms with Gasteiger partial charge < -0.3 is 14.6 Å². The second-order valence-electron chi connectivity index (χ2n) is 6.41. The molecule has 2 aromatic carbocycles. The molecule has 4 rings (SSSR count). The highest BCUT2D eigenvalue weighted by molar-refractivity contribution is 9.11. The van der Waals surface area contributed by atoms with E-state index in [2.05, 4.69) is 47.8 Å². The van der Waals surface area contributed by atoms with E-state index >= 15 is 0 Å². The Morgan fingerprint density at radius 3 is 2.41 bits per heavy atom. The smallest absolute Gasteiger partial charge is 0.336 e.